The summed E-state index contributed by atoms with van der Waals surface area (Å²) in [6.45, 7) is 7.31. The summed E-state index contributed by atoms with van der Waals surface area (Å²) in [7, 11) is 1.89. The lowest BCUT2D eigenvalue weighted by atomic mass is 10.2. The number of benzene rings is 5. The first-order valence-corrected chi connectivity index (χ1v) is 29.6. The van der Waals surface area contributed by atoms with E-state index in [9.17, 15) is 52.5 Å². The zero-order valence-corrected chi connectivity index (χ0v) is 53.3. The molecule has 0 radical (unpaired) electrons. The molecule has 29 heteroatoms. The molecule has 0 aliphatic rings. The highest BCUT2D eigenvalue weighted by Crippen LogP contribution is 2.50. The molecule has 92 heavy (non-hydrogen) atoms. The molecule has 0 saturated carbocycles. The lowest BCUT2D eigenvalue weighted by Gasteiger charge is -2.22. The number of esters is 3. The van der Waals surface area contributed by atoms with Crippen molar-refractivity contribution < 1.29 is 110 Å². The van der Waals surface area contributed by atoms with Crippen LogP contribution in [0.15, 0.2) is 163 Å². The van der Waals surface area contributed by atoms with Gasteiger partial charge in [-0.1, -0.05) is 179 Å². The third-order valence-electron chi connectivity index (χ3n) is 11.7. The van der Waals surface area contributed by atoms with Crippen molar-refractivity contribution in [1.29, 1.82) is 0 Å². The van der Waals surface area contributed by atoms with E-state index in [4.69, 9.17) is 42.9 Å². The Balaban J connectivity index is 0.000000577. The van der Waals surface area contributed by atoms with Gasteiger partial charge in [-0.3, -0.25) is 15.2 Å². The van der Waals surface area contributed by atoms with Crippen molar-refractivity contribution in [3.8, 4) is 0 Å². The van der Waals surface area contributed by atoms with Gasteiger partial charge in [-0.25, -0.2) is 47.9 Å². The monoisotopic (exact) mass is 1310 g/mol. The minimum atomic E-state index is -3.90. The Bertz CT molecular complexity index is 3010. The molecular formula is C63H80N5O23P. The topological polar surface area (TPSA) is 381 Å². The summed E-state index contributed by atoms with van der Waals surface area (Å²) in [4.78, 5) is 113. The van der Waals surface area contributed by atoms with Gasteiger partial charge in [0.2, 0.25) is 5.78 Å². The first kappa shape index (κ1) is 79.7. The maximum absolute atomic E-state index is 12.2. The number of hydrogen-bond donors (Lipinski definition) is 7. The Kier molecular flexibility index (Phi) is 40.5. The highest BCUT2D eigenvalue weighted by Gasteiger charge is 2.42. The van der Waals surface area contributed by atoms with Crippen molar-refractivity contribution in [2.24, 2.45) is 0 Å². The Labute approximate surface area is 533 Å². The fourth-order valence-electron chi connectivity index (χ4n) is 6.63. The van der Waals surface area contributed by atoms with Crippen molar-refractivity contribution in [3.63, 3.8) is 0 Å². The summed E-state index contributed by atoms with van der Waals surface area (Å²) in [6, 6.07) is 43.4. The second-order valence-corrected chi connectivity index (χ2v) is 20.4. The number of amides is 5. The summed E-state index contributed by atoms with van der Waals surface area (Å²) in [5.41, 5.74) is 4.27. The molecule has 5 aromatic carbocycles. The summed E-state index contributed by atoms with van der Waals surface area (Å²) in [5, 5.41) is 28.9. The number of rotatable bonds is 26. The summed E-state index contributed by atoms with van der Waals surface area (Å²) in [5.74, 6) is -5.81. The lowest BCUT2D eigenvalue weighted by molar-refractivity contribution is -0.143. The predicted molar refractivity (Wildman–Crippen MR) is 332 cm³/mol. The maximum atomic E-state index is 12.2. The van der Waals surface area contributed by atoms with Crippen LogP contribution < -0.4 is 26.6 Å². The molecule has 500 valence electrons. The van der Waals surface area contributed by atoms with E-state index in [1.807, 2.05) is 127 Å². The fourth-order valence-corrected chi connectivity index (χ4v) is 7.83. The molecule has 0 bridgehead atoms. The van der Waals surface area contributed by atoms with Gasteiger partial charge in [0, 0.05) is 14.2 Å². The van der Waals surface area contributed by atoms with E-state index in [1.54, 1.807) is 52.0 Å². The van der Waals surface area contributed by atoms with Gasteiger partial charge < -0.3 is 73.1 Å². The molecule has 5 aromatic rings. The maximum Gasteiger partial charge on any atom is 0.412 e. The second-order valence-electron chi connectivity index (χ2n) is 18.1. The van der Waals surface area contributed by atoms with Crippen molar-refractivity contribution in [2.75, 3.05) is 35.5 Å². The minimum Gasteiger partial charge on any atom is -0.480 e. The van der Waals surface area contributed by atoms with Crippen molar-refractivity contribution in [3.05, 3.63) is 191 Å². The minimum absolute atomic E-state index is 0.00910. The summed E-state index contributed by atoms with van der Waals surface area (Å²) in [6.07, 6.45) is -1.19. The average Bonchev–Trinajstić information content (AvgIpc) is 1.21. The van der Waals surface area contributed by atoms with Crippen molar-refractivity contribution >= 4 is 67.9 Å². The van der Waals surface area contributed by atoms with Crippen LogP contribution in [0.3, 0.4) is 0 Å². The van der Waals surface area contributed by atoms with E-state index in [1.165, 1.54) is 20.3 Å². The molecule has 0 fully saturated rings. The number of carbonyl (C=O) groups excluding carboxylic acids is 8. The third kappa shape index (κ3) is 33.9. The molecule has 7 N–H and O–H groups in total. The molecule has 28 nitrogen and oxygen atoms in total. The van der Waals surface area contributed by atoms with Crippen LogP contribution >= 0.6 is 7.60 Å². The van der Waals surface area contributed by atoms with E-state index in [2.05, 4.69) is 40.8 Å². The number of nitrogens with one attached hydrogen (secondary N) is 5. The molecule has 4 atom stereocenters. The van der Waals surface area contributed by atoms with Crippen LogP contribution in [0.4, 0.5) is 24.0 Å². The number of hydrogen-bond acceptors (Lipinski definition) is 21. The lowest BCUT2D eigenvalue weighted by Crippen LogP contribution is -2.42. The van der Waals surface area contributed by atoms with Gasteiger partial charge in [-0.2, -0.15) is 0 Å². The zero-order valence-electron chi connectivity index (χ0n) is 52.4. The van der Waals surface area contributed by atoms with E-state index < -0.39 is 91.8 Å². The summed E-state index contributed by atoms with van der Waals surface area (Å²) >= 11 is 0. The molecule has 0 aliphatic heterocycles. The normalized spacial score (nSPS) is 11.6. The molecule has 0 heterocycles. The SMILES string of the molecule is C/C=C(\NC(=O)OCc1ccccc1)C(=O)OC.CC[C@@H](NC(=O)OCc1ccccc1)C(=O)O.CC[C@H](NC(=O)OCc1ccccc1)C(=O)O.CC[C@H](NC(=O)OCc1ccccc1)C(=O)OC.COC(=O)C(NC(=O)OCc1ccccc1)P(=O)(OC)OC. The highest BCUT2D eigenvalue weighted by molar-refractivity contribution is 7.55. The Morgan fingerprint density at radius 3 is 0.913 bits per heavy atom. The molecule has 1 unspecified atom stereocenters. The number of ether oxygens (including phenoxy) is 8. The van der Waals surface area contributed by atoms with Crippen LogP contribution in [-0.4, -0.2) is 130 Å². The molecule has 0 spiro atoms. The largest absolute Gasteiger partial charge is 0.480 e. The van der Waals surface area contributed by atoms with Gasteiger partial charge in [0.25, 0.3) is 0 Å². The Morgan fingerprint density at radius 1 is 0.402 bits per heavy atom. The fraction of sp³-hybridized carbons (Fsp3) is 0.333. The highest BCUT2D eigenvalue weighted by atomic mass is 31.2. The van der Waals surface area contributed by atoms with Gasteiger partial charge in [0.05, 0.1) is 21.3 Å². The van der Waals surface area contributed by atoms with E-state index >= 15 is 0 Å². The van der Waals surface area contributed by atoms with Crippen LogP contribution in [0.1, 0.15) is 74.8 Å². The third-order valence-corrected chi connectivity index (χ3v) is 13.7. The number of carbonyl (C=O) groups is 10. The van der Waals surface area contributed by atoms with Gasteiger partial charge in [-0.15, -0.1) is 0 Å². The zero-order chi connectivity index (χ0) is 68.7. The first-order chi connectivity index (χ1) is 44.1. The van der Waals surface area contributed by atoms with Gasteiger partial charge in [-0.05, 0) is 54.0 Å². The van der Waals surface area contributed by atoms with Crippen LogP contribution in [0.25, 0.3) is 0 Å². The van der Waals surface area contributed by atoms with Crippen LogP contribution in [0.5, 0.6) is 0 Å². The Morgan fingerprint density at radius 2 is 0.674 bits per heavy atom. The second kappa shape index (κ2) is 46.8. The van der Waals surface area contributed by atoms with Gasteiger partial charge in [0.1, 0.15) is 56.9 Å². The van der Waals surface area contributed by atoms with E-state index in [-0.39, 0.29) is 38.7 Å². The number of carboxylic acid groups (broad SMARTS) is 2. The van der Waals surface area contributed by atoms with E-state index in [0.717, 1.165) is 49.1 Å². The first-order valence-electron chi connectivity index (χ1n) is 28.0. The molecular weight excluding hydrogens is 1230 g/mol. The molecule has 5 amide bonds. The Hall–Kier alpha value is -10.3. The van der Waals surface area contributed by atoms with Crippen LogP contribution in [0, 0.1) is 0 Å². The van der Waals surface area contributed by atoms with E-state index in [0.29, 0.717) is 19.3 Å². The molecule has 0 aliphatic carbocycles. The number of alkyl carbamates (subject to hydrolysis) is 5. The summed E-state index contributed by atoms with van der Waals surface area (Å²) < 4.78 is 59.9. The van der Waals surface area contributed by atoms with Gasteiger partial charge >= 0.3 is 67.9 Å². The number of allylic oxidation sites excluding steroid dienone is 1. The number of aliphatic carboxylic acids is 2. The van der Waals surface area contributed by atoms with Gasteiger partial charge in [0.15, 0.2) is 0 Å². The van der Waals surface area contributed by atoms with Crippen LogP contribution in [0.2, 0.25) is 0 Å². The molecule has 0 aromatic heterocycles. The number of methoxy groups -OCH3 is 3. The number of carboxylic acids is 2. The smallest absolute Gasteiger partial charge is 0.412 e. The molecule has 0 saturated heterocycles. The quantitative estimate of drug-likeness (QED) is 0.0117. The van der Waals surface area contributed by atoms with Crippen molar-refractivity contribution in [2.45, 2.75) is 104 Å². The standard InChI is InChI=1S/C13H18NO7P.C13H17NO4.C13H15NO4.2C12H15NO4/c1-18-12(15)11(22(17,19-2)20-3)14-13(16)21-9-10-7-5-4-6-8-10;2*1-3-11(12(15)17-2)14-13(16)18-9-10-7-5-4-6-8-10;2*1-2-10(11(14)15)13-12(16)17-8-9-6-4-3-5-7-9/h4-8,11H,9H2,1-3H3,(H,14,16);4-8,11H,3,9H2,1-2H3,(H,14,16);3-8H,9H2,1-2H3,(H,14,16);2*3-7,10H,2,8H2,1H3,(H,13,16)(H,14,15)/b;;11-3-;;/t;11-;;2*10-/m.0.10/s1. The van der Waals surface area contributed by atoms with Crippen molar-refractivity contribution in [1.82, 2.24) is 26.6 Å². The average molecular weight is 1310 g/mol. The predicted octanol–water partition coefficient (Wildman–Crippen LogP) is 9.30. The molecule has 5 rings (SSSR count). The van der Waals surface area contributed by atoms with Crippen LogP contribution in [-0.2, 0) is 109 Å².